The largest absolute Gasteiger partial charge is 0.329 e. The van der Waals surface area contributed by atoms with E-state index in [1.807, 2.05) is 0 Å². The molecule has 0 aromatic carbocycles. The predicted octanol–water partition coefficient (Wildman–Crippen LogP) is 4.39. The lowest BCUT2D eigenvalue weighted by molar-refractivity contribution is 0.248. The highest BCUT2D eigenvalue weighted by Crippen LogP contribution is 2.36. The van der Waals surface area contributed by atoms with Crippen LogP contribution in [0, 0.1) is 0 Å². The number of nitrogens with two attached hydrogens (primary N) is 1. The molecule has 0 amide bonds. The molecule has 1 aromatic heterocycles. The number of hydrogen-bond donors (Lipinski definition) is 1. The van der Waals surface area contributed by atoms with Crippen molar-refractivity contribution in [3.63, 3.8) is 0 Å². The molecule has 0 aliphatic carbocycles. The topological polar surface area (TPSA) is 29.3 Å². The van der Waals surface area contributed by atoms with E-state index in [-0.39, 0.29) is 0 Å². The molecule has 1 aromatic rings. The Morgan fingerprint density at radius 3 is 2.59 bits per heavy atom. The number of likely N-dealkylation sites (N-methyl/N-ethyl adjacent to an activating group) is 1. The zero-order chi connectivity index (χ0) is 12.8. The van der Waals surface area contributed by atoms with Gasteiger partial charge in [0.05, 0.1) is 9.83 Å². The Morgan fingerprint density at radius 1 is 1.41 bits per heavy atom. The molecule has 0 spiro atoms. The average Bonchev–Trinajstić information content (AvgIpc) is 2.60. The first-order valence-corrected chi connectivity index (χ1v) is 8.35. The fourth-order valence-corrected chi connectivity index (χ4v) is 4.08. The summed E-state index contributed by atoms with van der Waals surface area (Å²) >= 11 is 8.83. The quantitative estimate of drug-likeness (QED) is 0.707. The standard InChI is InChI=1S/C12H20Br2N2S/c1-3-4-5-6-16(2)10(8-15)11-7-9(13)12(14)17-11/h7,10H,3-6,8,15H2,1-2H3. The van der Waals surface area contributed by atoms with E-state index in [1.165, 1.54) is 24.1 Å². The molecule has 1 unspecified atom stereocenters. The summed E-state index contributed by atoms with van der Waals surface area (Å²) in [6.07, 6.45) is 3.80. The van der Waals surface area contributed by atoms with Crippen LogP contribution >= 0.6 is 43.2 Å². The Labute approximate surface area is 125 Å². The van der Waals surface area contributed by atoms with Gasteiger partial charge in [0.1, 0.15) is 0 Å². The molecular formula is C12H20Br2N2S. The van der Waals surface area contributed by atoms with Crippen LogP contribution in [0.4, 0.5) is 0 Å². The molecule has 1 rings (SSSR count). The van der Waals surface area contributed by atoms with Gasteiger partial charge in [0.2, 0.25) is 0 Å². The molecule has 0 aliphatic rings. The van der Waals surface area contributed by atoms with Crippen LogP contribution in [0.25, 0.3) is 0 Å². The van der Waals surface area contributed by atoms with Crippen molar-refractivity contribution in [3.05, 3.63) is 19.2 Å². The number of hydrogen-bond acceptors (Lipinski definition) is 3. The number of rotatable bonds is 7. The SMILES string of the molecule is CCCCCN(C)C(CN)c1cc(Br)c(Br)s1. The number of nitrogens with zero attached hydrogens (tertiary/aromatic N) is 1. The van der Waals surface area contributed by atoms with E-state index in [1.54, 1.807) is 11.3 Å². The van der Waals surface area contributed by atoms with Gasteiger partial charge in [-0.05, 0) is 57.9 Å². The zero-order valence-electron chi connectivity index (χ0n) is 10.4. The fourth-order valence-electron chi connectivity index (χ4n) is 1.81. The lowest BCUT2D eigenvalue weighted by Crippen LogP contribution is -2.30. The van der Waals surface area contributed by atoms with E-state index in [0.717, 1.165) is 14.8 Å². The molecule has 1 heterocycles. The van der Waals surface area contributed by atoms with Crippen molar-refractivity contribution in [2.24, 2.45) is 5.73 Å². The third kappa shape index (κ3) is 4.63. The first kappa shape index (κ1) is 15.6. The van der Waals surface area contributed by atoms with Crippen LogP contribution in [0.15, 0.2) is 14.3 Å². The van der Waals surface area contributed by atoms with Gasteiger partial charge >= 0.3 is 0 Å². The van der Waals surface area contributed by atoms with Crippen LogP contribution in [0.5, 0.6) is 0 Å². The molecule has 1 atom stereocenters. The Morgan fingerprint density at radius 2 is 2.12 bits per heavy atom. The van der Waals surface area contributed by atoms with Crippen molar-refractivity contribution in [3.8, 4) is 0 Å². The van der Waals surface area contributed by atoms with Gasteiger partial charge in [0.25, 0.3) is 0 Å². The molecule has 17 heavy (non-hydrogen) atoms. The lowest BCUT2D eigenvalue weighted by Gasteiger charge is -2.25. The van der Waals surface area contributed by atoms with Crippen molar-refractivity contribution in [1.82, 2.24) is 4.90 Å². The van der Waals surface area contributed by atoms with Crippen LogP contribution in [-0.4, -0.2) is 25.0 Å². The maximum absolute atomic E-state index is 5.90. The second kappa shape index (κ2) is 7.89. The lowest BCUT2D eigenvalue weighted by atomic mass is 10.2. The highest BCUT2D eigenvalue weighted by atomic mass is 79.9. The first-order valence-electron chi connectivity index (χ1n) is 5.95. The van der Waals surface area contributed by atoms with Crippen molar-refractivity contribution in [2.75, 3.05) is 20.1 Å². The van der Waals surface area contributed by atoms with Crippen molar-refractivity contribution >= 4 is 43.2 Å². The van der Waals surface area contributed by atoms with E-state index in [2.05, 4.69) is 56.8 Å². The molecule has 0 saturated carbocycles. The van der Waals surface area contributed by atoms with E-state index in [4.69, 9.17) is 5.73 Å². The number of halogens is 2. The minimum absolute atomic E-state index is 0.333. The van der Waals surface area contributed by atoms with Gasteiger partial charge in [-0.3, -0.25) is 4.90 Å². The highest BCUT2D eigenvalue weighted by Gasteiger charge is 2.18. The highest BCUT2D eigenvalue weighted by molar-refractivity contribution is 9.13. The van der Waals surface area contributed by atoms with Crippen LogP contribution < -0.4 is 5.73 Å². The van der Waals surface area contributed by atoms with Gasteiger partial charge in [0.15, 0.2) is 0 Å². The van der Waals surface area contributed by atoms with Gasteiger partial charge in [-0.15, -0.1) is 11.3 Å². The molecular weight excluding hydrogens is 364 g/mol. The molecule has 5 heteroatoms. The van der Waals surface area contributed by atoms with Crippen molar-refractivity contribution < 1.29 is 0 Å². The molecule has 98 valence electrons. The minimum atomic E-state index is 0.333. The first-order chi connectivity index (χ1) is 8.10. The summed E-state index contributed by atoms with van der Waals surface area (Å²) in [5.74, 6) is 0. The smallest absolute Gasteiger partial charge is 0.0843 e. The van der Waals surface area contributed by atoms with Crippen molar-refractivity contribution in [2.45, 2.75) is 32.2 Å². The van der Waals surface area contributed by atoms with Crippen LogP contribution in [0.1, 0.15) is 37.1 Å². The summed E-state index contributed by atoms with van der Waals surface area (Å²) in [6, 6.07) is 2.50. The third-order valence-corrected chi connectivity index (χ3v) is 6.22. The van der Waals surface area contributed by atoms with Gasteiger partial charge in [0, 0.05) is 15.9 Å². The van der Waals surface area contributed by atoms with Gasteiger partial charge in [-0.25, -0.2) is 0 Å². The summed E-state index contributed by atoms with van der Waals surface area (Å²) in [4.78, 5) is 3.69. The van der Waals surface area contributed by atoms with Crippen LogP contribution in [-0.2, 0) is 0 Å². The third-order valence-electron chi connectivity index (χ3n) is 2.86. The van der Waals surface area contributed by atoms with Crippen molar-refractivity contribution in [1.29, 1.82) is 0 Å². The van der Waals surface area contributed by atoms with Gasteiger partial charge in [-0.2, -0.15) is 0 Å². The summed E-state index contributed by atoms with van der Waals surface area (Å²) in [5.41, 5.74) is 5.90. The zero-order valence-corrected chi connectivity index (χ0v) is 14.4. The maximum Gasteiger partial charge on any atom is 0.0843 e. The predicted molar refractivity (Wildman–Crippen MR) is 83.7 cm³/mol. The molecule has 0 saturated heterocycles. The van der Waals surface area contributed by atoms with Crippen LogP contribution in [0.3, 0.4) is 0 Å². The van der Waals surface area contributed by atoms with E-state index < -0.39 is 0 Å². The van der Waals surface area contributed by atoms with E-state index >= 15 is 0 Å². The Kier molecular flexibility index (Phi) is 7.26. The van der Waals surface area contributed by atoms with Crippen LogP contribution in [0.2, 0.25) is 0 Å². The Hall–Kier alpha value is 0.580. The average molecular weight is 384 g/mol. The second-order valence-corrected chi connectivity index (χ2v) is 7.47. The van der Waals surface area contributed by atoms with Gasteiger partial charge < -0.3 is 5.73 Å². The molecule has 2 N–H and O–H groups in total. The summed E-state index contributed by atoms with van der Waals surface area (Å²) in [6.45, 7) is 4.01. The summed E-state index contributed by atoms with van der Waals surface area (Å²) in [7, 11) is 2.16. The normalized spacial score (nSPS) is 13.3. The minimum Gasteiger partial charge on any atom is -0.329 e. The summed E-state index contributed by atoms with van der Waals surface area (Å²) in [5, 5.41) is 0. The number of thiophene rings is 1. The molecule has 2 nitrogen and oxygen atoms in total. The van der Waals surface area contributed by atoms with E-state index in [0.29, 0.717) is 12.6 Å². The monoisotopic (exact) mass is 382 g/mol. The molecule has 0 bridgehead atoms. The Balaban J connectivity index is 2.63. The Bertz CT molecular complexity index is 322. The molecule has 0 fully saturated rings. The molecule has 0 radical (unpaired) electrons. The fraction of sp³-hybridized carbons (Fsp3) is 0.667. The second-order valence-electron chi connectivity index (χ2n) is 4.21. The maximum atomic E-state index is 5.90. The van der Waals surface area contributed by atoms with Gasteiger partial charge in [-0.1, -0.05) is 19.8 Å². The summed E-state index contributed by atoms with van der Waals surface area (Å²) < 4.78 is 2.27. The molecule has 0 aliphatic heterocycles. The van der Waals surface area contributed by atoms with E-state index in [9.17, 15) is 0 Å². The number of unbranched alkanes of at least 4 members (excludes halogenated alkanes) is 2.